The summed E-state index contributed by atoms with van der Waals surface area (Å²) in [7, 11) is -0.692. The van der Waals surface area contributed by atoms with E-state index in [9.17, 15) is 13.2 Å². The fourth-order valence-electron chi connectivity index (χ4n) is 4.57. The van der Waals surface area contributed by atoms with E-state index in [4.69, 9.17) is 9.47 Å². The Hall–Kier alpha value is -2.58. The van der Waals surface area contributed by atoms with Crippen molar-refractivity contribution >= 4 is 21.6 Å². The molecule has 4 rings (SSSR count). The number of nitrogens with zero attached hydrogens (tertiary/aromatic N) is 2. The largest absolute Gasteiger partial charge is 0.493 e. The summed E-state index contributed by atoms with van der Waals surface area (Å²) >= 11 is 0. The SMILES string of the molecule is COc1ccc(S(=O)(=O)N2CCC(C(=O)N3c4ccccc4CC3C)CC2)cc1OC. The highest BCUT2D eigenvalue weighted by atomic mass is 32.2. The average Bonchev–Trinajstić information content (AvgIpc) is 3.13. The molecule has 0 aromatic heterocycles. The molecule has 1 atom stereocenters. The van der Waals surface area contributed by atoms with E-state index in [0.29, 0.717) is 37.4 Å². The zero-order chi connectivity index (χ0) is 22.2. The number of fused-ring (bicyclic) bond motifs is 1. The van der Waals surface area contributed by atoms with Gasteiger partial charge in [-0.15, -0.1) is 0 Å². The quantitative estimate of drug-likeness (QED) is 0.708. The van der Waals surface area contributed by atoms with Crippen LogP contribution in [0.1, 0.15) is 25.3 Å². The average molecular weight is 445 g/mol. The third-order valence-corrected chi connectivity index (χ3v) is 8.14. The molecular weight excluding hydrogens is 416 g/mol. The van der Waals surface area contributed by atoms with Crippen LogP contribution in [0.25, 0.3) is 0 Å². The van der Waals surface area contributed by atoms with Gasteiger partial charge in [-0.2, -0.15) is 4.31 Å². The smallest absolute Gasteiger partial charge is 0.243 e. The molecule has 31 heavy (non-hydrogen) atoms. The van der Waals surface area contributed by atoms with E-state index < -0.39 is 10.0 Å². The van der Waals surface area contributed by atoms with Gasteiger partial charge in [0.25, 0.3) is 0 Å². The number of carbonyl (C=O) groups excluding carboxylic acids is 1. The summed E-state index contributed by atoms with van der Waals surface area (Å²) in [5.41, 5.74) is 2.18. The molecule has 166 valence electrons. The molecule has 0 radical (unpaired) electrons. The molecule has 8 heteroatoms. The van der Waals surface area contributed by atoms with Crippen molar-refractivity contribution in [3.05, 3.63) is 48.0 Å². The minimum atomic E-state index is -3.67. The lowest BCUT2D eigenvalue weighted by Crippen LogP contribution is -2.46. The molecule has 1 amide bonds. The van der Waals surface area contributed by atoms with Crippen LogP contribution in [0.15, 0.2) is 47.4 Å². The number of hydrogen-bond acceptors (Lipinski definition) is 5. The van der Waals surface area contributed by atoms with E-state index in [0.717, 1.165) is 12.1 Å². The summed E-state index contributed by atoms with van der Waals surface area (Å²) in [6.45, 7) is 2.70. The second-order valence-electron chi connectivity index (χ2n) is 8.09. The molecule has 1 fully saturated rings. The van der Waals surface area contributed by atoms with Gasteiger partial charge in [-0.3, -0.25) is 4.79 Å². The fourth-order valence-corrected chi connectivity index (χ4v) is 6.05. The highest BCUT2D eigenvalue weighted by Gasteiger charge is 2.38. The first-order valence-electron chi connectivity index (χ1n) is 10.5. The van der Waals surface area contributed by atoms with Crippen LogP contribution in [0.4, 0.5) is 5.69 Å². The number of sulfonamides is 1. The zero-order valence-electron chi connectivity index (χ0n) is 18.1. The maximum absolute atomic E-state index is 13.3. The number of para-hydroxylation sites is 1. The summed E-state index contributed by atoms with van der Waals surface area (Å²) in [4.78, 5) is 15.3. The molecule has 0 spiro atoms. The molecule has 7 nitrogen and oxygen atoms in total. The number of anilines is 1. The van der Waals surface area contributed by atoms with E-state index in [1.807, 2.05) is 23.1 Å². The van der Waals surface area contributed by atoms with Gasteiger partial charge >= 0.3 is 0 Å². The molecule has 2 aromatic rings. The van der Waals surface area contributed by atoms with Crippen LogP contribution in [-0.4, -0.2) is 52.0 Å². The molecule has 2 aromatic carbocycles. The van der Waals surface area contributed by atoms with Crippen LogP contribution in [0.2, 0.25) is 0 Å². The Kier molecular flexibility index (Phi) is 5.94. The number of amides is 1. The number of carbonyl (C=O) groups is 1. The number of rotatable bonds is 5. The Balaban J connectivity index is 1.47. The molecule has 0 saturated carbocycles. The van der Waals surface area contributed by atoms with Crippen LogP contribution in [0.3, 0.4) is 0 Å². The Bertz CT molecular complexity index is 1080. The topological polar surface area (TPSA) is 76.2 Å². The van der Waals surface area contributed by atoms with Gasteiger partial charge in [0.1, 0.15) is 0 Å². The number of hydrogen-bond donors (Lipinski definition) is 0. The normalized spacial score (nSPS) is 19.8. The second kappa shape index (κ2) is 8.51. The monoisotopic (exact) mass is 444 g/mol. The molecule has 1 unspecified atom stereocenters. The van der Waals surface area contributed by atoms with Gasteiger partial charge in [-0.05, 0) is 49.9 Å². The lowest BCUT2D eigenvalue weighted by atomic mass is 9.96. The van der Waals surface area contributed by atoms with E-state index in [1.165, 1.54) is 36.2 Å². The fraction of sp³-hybridized carbons (Fsp3) is 0.435. The highest BCUT2D eigenvalue weighted by molar-refractivity contribution is 7.89. The number of benzene rings is 2. The van der Waals surface area contributed by atoms with Crippen LogP contribution in [0, 0.1) is 5.92 Å². The van der Waals surface area contributed by atoms with Crippen molar-refractivity contribution in [3.8, 4) is 11.5 Å². The Labute approximate surface area is 183 Å². The summed E-state index contributed by atoms with van der Waals surface area (Å²) in [5, 5.41) is 0. The summed E-state index contributed by atoms with van der Waals surface area (Å²) in [5.74, 6) is 0.771. The van der Waals surface area contributed by atoms with Crippen LogP contribution < -0.4 is 14.4 Å². The Morgan fingerprint density at radius 2 is 1.68 bits per heavy atom. The number of ether oxygens (including phenoxy) is 2. The predicted molar refractivity (Wildman–Crippen MR) is 118 cm³/mol. The van der Waals surface area contributed by atoms with Gasteiger partial charge in [-0.1, -0.05) is 18.2 Å². The maximum atomic E-state index is 13.3. The predicted octanol–water partition coefficient (Wildman–Crippen LogP) is 3.08. The molecule has 1 saturated heterocycles. The Morgan fingerprint density at radius 3 is 2.35 bits per heavy atom. The molecule has 0 aliphatic carbocycles. The van der Waals surface area contributed by atoms with Gasteiger partial charge in [0.15, 0.2) is 11.5 Å². The first-order chi connectivity index (χ1) is 14.9. The minimum Gasteiger partial charge on any atom is -0.493 e. The molecule has 2 aliphatic rings. The lowest BCUT2D eigenvalue weighted by Gasteiger charge is -2.34. The summed E-state index contributed by atoms with van der Waals surface area (Å²) < 4.78 is 38.2. The van der Waals surface area contributed by atoms with Gasteiger partial charge < -0.3 is 14.4 Å². The first-order valence-corrected chi connectivity index (χ1v) is 11.9. The van der Waals surface area contributed by atoms with Crippen molar-refractivity contribution in [2.45, 2.75) is 37.1 Å². The summed E-state index contributed by atoms with van der Waals surface area (Å²) in [6, 6.07) is 12.7. The van der Waals surface area contributed by atoms with Crippen molar-refractivity contribution in [2.75, 3.05) is 32.2 Å². The summed E-state index contributed by atoms with van der Waals surface area (Å²) in [6.07, 6.45) is 1.88. The Morgan fingerprint density at radius 1 is 1.00 bits per heavy atom. The maximum Gasteiger partial charge on any atom is 0.243 e. The third-order valence-electron chi connectivity index (χ3n) is 6.24. The van der Waals surface area contributed by atoms with Gasteiger partial charge in [-0.25, -0.2) is 8.42 Å². The number of piperidine rings is 1. The van der Waals surface area contributed by atoms with E-state index in [2.05, 4.69) is 13.0 Å². The first kappa shape index (κ1) is 21.6. The van der Waals surface area contributed by atoms with E-state index in [-0.39, 0.29) is 22.8 Å². The van der Waals surface area contributed by atoms with Crippen LogP contribution in [-0.2, 0) is 21.2 Å². The third kappa shape index (κ3) is 3.90. The van der Waals surface area contributed by atoms with Gasteiger partial charge in [0.2, 0.25) is 15.9 Å². The van der Waals surface area contributed by atoms with E-state index in [1.54, 1.807) is 6.07 Å². The van der Waals surface area contributed by atoms with Gasteiger partial charge in [0, 0.05) is 36.8 Å². The van der Waals surface area contributed by atoms with Gasteiger partial charge in [0.05, 0.1) is 19.1 Å². The number of methoxy groups -OCH3 is 2. The zero-order valence-corrected chi connectivity index (χ0v) is 18.9. The minimum absolute atomic E-state index is 0.0978. The van der Waals surface area contributed by atoms with Crippen molar-refractivity contribution in [1.29, 1.82) is 0 Å². The van der Waals surface area contributed by atoms with Crippen molar-refractivity contribution in [1.82, 2.24) is 4.31 Å². The lowest BCUT2D eigenvalue weighted by molar-refractivity contribution is -0.123. The highest BCUT2D eigenvalue weighted by Crippen LogP contribution is 2.36. The van der Waals surface area contributed by atoms with E-state index >= 15 is 0 Å². The van der Waals surface area contributed by atoms with Crippen molar-refractivity contribution in [2.24, 2.45) is 5.92 Å². The second-order valence-corrected chi connectivity index (χ2v) is 10.0. The van der Waals surface area contributed by atoms with Crippen LogP contribution in [0.5, 0.6) is 11.5 Å². The molecule has 2 aliphatic heterocycles. The molecular formula is C23H28N2O5S. The van der Waals surface area contributed by atoms with Crippen molar-refractivity contribution < 1.29 is 22.7 Å². The molecule has 2 heterocycles. The van der Waals surface area contributed by atoms with Crippen LogP contribution >= 0.6 is 0 Å². The molecule has 0 N–H and O–H groups in total. The molecule has 0 bridgehead atoms. The van der Waals surface area contributed by atoms with Crippen molar-refractivity contribution in [3.63, 3.8) is 0 Å². The standard InChI is InChI=1S/C23H28N2O5S/c1-16-14-18-6-4-5-7-20(18)25(16)23(26)17-10-12-24(13-11-17)31(27,28)19-8-9-21(29-2)22(15-19)30-3/h4-9,15-17H,10-14H2,1-3H3.